The van der Waals surface area contributed by atoms with Gasteiger partial charge in [-0.1, -0.05) is 42.5 Å². The molecule has 0 saturated heterocycles. The molecule has 0 bridgehead atoms. The maximum Gasteiger partial charge on any atom is 0.278 e. The van der Waals surface area contributed by atoms with Crippen molar-refractivity contribution in [2.24, 2.45) is 5.10 Å². The van der Waals surface area contributed by atoms with Crippen molar-refractivity contribution < 1.29 is 4.92 Å². The molecule has 0 amide bonds. The Morgan fingerprint density at radius 2 is 1.86 bits per heavy atom. The van der Waals surface area contributed by atoms with E-state index in [2.05, 4.69) is 20.5 Å². The molecule has 0 spiro atoms. The molecule has 0 atom stereocenters. The number of nitro benzene ring substituents is 1. The molecule has 0 fully saturated rings. The first-order valence-corrected chi connectivity index (χ1v) is 9.29. The van der Waals surface area contributed by atoms with Crippen LogP contribution in [-0.2, 0) is 0 Å². The fraction of sp³-hybridized carbons (Fsp3) is 0.0500. The quantitative estimate of drug-likeness (QED) is 0.294. The van der Waals surface area contributed by atoms with Gasteiger partial charge in [-0.2, -0.15) is 5.10 Å². The molecule has 7 nitrogen and oxygen atoms in total. The number of hydrazone groups is 1. The summed E-state index contributed by atoms with van der Waals surface area (Å²) in [5, 5.41) is 16.1. The van der Waals surface area contributed by atoms with Gasteiger partial charge in [0, 0.05) is 10.9 Å². The van der Waals surface area contributed by atoms with Crippen LogP contribution in [0.4, 0.5) is 11.5 Å². The van der Waals surface area contributed by atoms with E-state index in [1.807, 2.05) is 43.3 Å². The first-order chi connectivity index (χ1) is 13.6. The number of aryl methyl sites for hydroxylation is 1. The fourth-order valence-electron chi connectivity index (χ4n) is 2.78. The SMILES string of the molecule is Cc1nc(N/N=C/c2ccccc2[N+](=O)[O-])c2cc(-c3ccccc3)sc2n1. The van der Waals surface area contributed by atoms with Gasteiger partial charge in [0.1, 0.15) is 10.7 Å². The summed E-state index contributed by atoms with van der Waals surface area (Å²) >= 11 is 1.58. The molecule has 0 aliphatic rings. The number of para-hydroxylation sites is 1. The summed E-state index contributed by atoms with van der Waals surface area (Å²) in [4.78, 5) is 21.6. The largest absolute Gasteiger partial charge is 0.278 e. The van der Waals surface area contributed by atoms with E-state index in [-0.39, 0.29) is 5.69 Å². The van der Waals surface area contributed by atoms with Gasteiger partial charge in [-0.3, -0.25) is 15.5 Å². The number of nitrogens with zero attached hydrogens (tertiary/aromatic N) is 4. The zero-order valence-corrected chi connectivity index (χ0v) is 15.7. The summed E-state index contributed by atoms with van der Waals surface area (Å²) in [6, 6.07) is 18.5. The van der Waals surface area contributed by atoms with E-state index in [0.29, 0.717) is 17.2 Å². The Kier molecular flexibility index (Phi) is 4.77. The van der Waals surface area contributed by atoms with Gasteiger partial charge >= 0.3 is 0 Å². The smallest absolute Gasteiger partial charge is 0.261 e. The van der Waals surface area contributed by atoms with Crippen LogP contribution in [-0.4, -0.2) is 21.1 Å². The van der Waals surface area contributed by atoms with Gasteiger partial charge in [0.25, 0.3) is 5.69 Å². The molecular formula is C20H15N5O2S. The van der Waals surface area contributed by atoms with Crippen molar-refractivity contribution in [1.29, 1.82) is 0 Å². The van der Waals surface area contributed by atoms with Gasteiger partial charge in [0.15, 0.2) is 5.82 Å². The number of thiophene rings is 1. The van der Waals surface area contributed by atoms with Crippen LogP contribution in [0.2, 0.25) is 0 Å². The summed E-state index contributed by atoms with van der Waals surface area (Å²) < 4.78 is 0. The van der Waals surface area contributed by atoms with E-state index < -0.39 is 4.92 Å². The topological polar surface area (TPSA) is 93.3 Å². The van der Waals surface area contributed by atoms with E-state index in [0.717, 1.165) is 20.7 Å². The molecule has 2 aromatic heterocycles. The highest BCUT2D eigenvalue weighted by Crippen LogP contribution is 2.35. The lowest BCUT2D eigenvalue weighted by molar-refractivity contribution is -0.385. The van der Waals surface area contributed by atoms with Crippen LogP contribution in [0.5, 0.6) is 0 Å². The molecule has 1 N–H and O–H groups in total. The van der Waals surface area contributed by atoms with Crippen molar-refractivity contribution in [1.82, 2.24) is 9.97 Å². The average molecular weight is 389 g/mol. The van der Waals surface area contributed by atoms with Crippen LogP contribution in [0, 0.1) is 17.0 Å². The maximum absolute atomic E-state index is 11.1. The van der Waals surface area contributed by atoms with E-state index in [9.17, 15) is 10.1 Å². The molecule has 138 valence electrons. The minimum Gasteiger partial charge on any atom is -0.261 e. The molecule has 2 aromatic carbocycles. The van der Waals surface area contributed by atoms with Crippen LogP contribution in [0.1, 0.15) is 11.4 Å². The van der Waals surface area contributed by atoms with Crippen LogP contribution in [0.3, 0.4) is 0 Å². The van der Waals surface area contributed by atoms with E-state index in [1.54, 1.807) is 29.5 Å². The first kappa shape index (κ1) is 17.7. The molecule has 4 rings (SSSR count). The zero-order chi connectivity index (χ0) is 19.5. The molecule has 2 heterocycles. The van der Waals surface area contributed by atoms with Crippen molar-refractivity contribution in [2.75, 3.05) is 5.43 Å². The lowest BCUT2D eigenvalue weighted by Crippen LogP contribution is -1.99. The third kappa shape index (κ3) is 3.58. The van der Waals surface area contributed by atoms with Crippen molar-refractivity contribution >= 4 is 39.3 Å². The van der Waals surface area contributed by atoms with Gasteiger partial charge in [0.05, 0.1) is 22.1 Å². The molecule has 0 radical (unpaired) electrons. The predicted molar refractivity (Wildman–Crippen MR) is 112 cm³/mol. The second kappa shape index (κ2) is 7.53. The second-order valence-corrected chi connectivity index (χ2v) is 7.03. The summed E-state index contributed by atoms with van der Waals surface area (Å²) in [5.74, 6) is 1.19. The molecule has 0 unspecified atom stereocenters. The minimum atomic E-state index is -0.431. The zero-order valence-electron chi connectivity index (χ0n) is 14.9. The maximum atomic E-state index is 11.1. The van der Waals surface area contributed by atoms with Crippen LogP contribution < -0.4 is 5.43 Å². The number of fused-ring (bicyclic) bond motifs is 1. The molecule has 28 heavy (non-hydrogen) atoms. The number of nitrogens with one attached hydrogen (secondary N) is 1. The molecule has 0 saturated carbocycles. The highest BCUT2D eigenvalue weighted by molar-refractivity contribution is 7.21. The van der Waals surface area contributed by atoms with Crippen LogP contribution in [0.15, 0.2) is 65.8 Å². The molecule has 0 aliphatic heterocycles. The molecular weight excluding hydrogens is 374 g/mol. The molecule has 4 aromatic rings. The third-order valence-electron chi connectivity index (χ3n) is 4.07. The van der Waals surface area contributed by atoms with Crippen molar-refractivity contribution in [3.8, 4) is 10.4 Å². The number of benzene rings is 2. The van der Waals surface area contributed by atoms with E-state index in [4.69, 9.17) is 0 Å². The number of nitro groups is 1. The normalized spacial score (nSPS) is 11.2. The Labute approximate surface area is 164 Å². The number of anilines is 1. The summed E-state index contributed by atoms with van der Waals surface area (Å²) in [6.45, 7) is 1.82. The fourth-order valence-corrected chi connectivity index (χ4v) is 3.87. The van der Waals surface area contributed by atoms with Gasteiger partial charge in [-0.05, 0) is 24.6 Å². The number of hydrogen-bond acceptors (Lipinski definition) is 7. The Balaban J connectivity index is 1.67. The van der Waals surface area contributed by atoms with Gasteiger partial charge in [-0.15, -0.1) is 11.3 Å². The lowest BCUT2D eigenvalue weighted by Gasteiger charge is -2.02. The van der Waals surface area contributed by atoms with Crippen molar-refractivity contribution in [2.45, 2.75) is 6.92 Å². The average Bonchev–Trinajstić information content (AvgIpc) is 3.13. The van der Waals surface area contributed by atoms with Crippen molar-refractivity contribution in [3.05, 3.63) is 82.2 Å². The number of aromatic nitrogens is 2. The van der Waals surface area contributed by atoms with E-state index in [1.165, 1.54) is 12.3 Å². The van der Waals surface area contributed by atoms with Crippen molar-refractivity contribution in [3.63, 3.8) is 0 Å². The number of hydrogen-bond donors (Lipinski definition) is 1. The predicted octanol–water partition coefficient (Wildman–Crippen LogP) is 5.02. The number of rotatable bonds is 5. The van der Waals surface area contributed by atoms with Gasteiger partial charge in [-0.25, -0.2) is 9.97 Å². The Bertz CT molecular complexity index is 1190. The summed E-state index contributed by atoms with van der Waals surface area (Å²) in [6.07, 6.45) is 1.42. The van der Waals surface area contributed by atoms with E-state index >= 15 is 0 Å². The Morgan fingerprint density at radius 1 is 1.11 bits per heavy atom. The monoisotopic (exact) mass is 389 g/mol. The Hall–Kier alpha value is -3.65. The molecule has 0 aliphatic carbocycles. The van der Waals surface area contributed by atoms with Crippen LogP contribution in [0.25, 0.3) is 20.7 Å². The summed E-state index contributed by atoms with van der Waals surface area (Å²) in [5.41, 5.74) is 4.43. The highest BCUT2D eigenvalue weighted by Gasteiger charge is 2.12. The third-order valence-corrected chi connectivity index (χ3v) is 5.15. The highest BCUT2D eigenvalue weighted by atomic mass is 32.1. The second-order valence-electron chi connectivity index (χ2n) is 6.00. The Morgan fingerprint density at radius 3 is 2.64 bits per heavy atom. The first-order valence-electron chi connectivity index (χ1n) is 8.48. The van der Waals surface area contributed by atoms with Crippen LogP contribution >= 0.6 is 11.3 Å². The molecule has 8 heteroatoms. The minimum absolute atomic E-state index is 0.000961. The summed E-state index contributed by atoms with van der Waals surface area (Å²) in [7, 11) is 0. The standard InChI is InChI=1S/C20H15N5O2S/c1-13-22-19(24-21-12-15-9-5-6-10-17(15)25(26)27)16-11-18(28-20(16)23-13)14-7-3-2-4-8-14/h2-12H,1H3,(H,22,23,24)/b21-12+. The van der Waals surface area contributed by atoms with Gasteiger partial charge in [0.2, 0.25) is 0 Å². The van der Waals surface area contributed by atoms with Gasteiger partial charge < -0.3 is 0 Å². The lowest BCUT2D eigenvalue weighted by atomic mass is 10.2.